The molecular formula is C21H16F2N4O. The second-order valence-corrected chi connectivity index (χ2v) is 5.75. The van der Waals surface area contributed by atoms with Crippen LogP contribution in [-0.4, -0.2) is 18.3 Å². The van der Waals surface area contributed by atoms with Crippen molar-refractivity contribution in [3.63, 3.8) is 0 Å². The topological polar surface area (TPSA) is 65.8 Å². The second kappa shape index (κ2) is 9.18. The molecule has 0 saturated heterocycles. The van der Waals surface area contributed by atoms with Gasteiger partial charge >= 0.3 is 0 Å². The summed E-state index contributed by atoms with van der Waals surface area (Å²) in [5.41, 5.74) is 7.76. The van der Waals surface area contributed by atoms with E-state index in [0.717, 1.165) is 5.56 Å². The van der Waals surface area contributed by atoms with E-state index in [4.69, 9.17) is 0 Å². The van der Waals surface area contributed by atoms with E-state index in [1.54, 1.807) is 54.7 Å². The molecule has 0 radical (unpaired) electrons. The molecule has 1 amide bonds. The first kappa shape index (κ1) is 18.9. The summed E-state index contributed by atoms with van der Waals surface area (Å²) < 4.78 is 25.7. The summed E-state index contributed by atoms with van der Waals surface area (Å²) in [6, 6.07) is 18.3. The Morgan fingerprint density at radius 2 is 1.21 bits per heavy atom. The first-order valence-corrected chi connectivity index (χ1v) is 8.34. The van der Waals surface area contributed by atoms with Crippen LogP contribution in [0.5, 0.6) is 0 Å². The van der Waals surface area contributed by atoms with E-state index in [1.807, 2.05) is 0 Å². The van der Waals surface area contributed by atoms with Crippen LogP contribution in [0.15, 0.2) is 83.0 Å². The Morgan fingerprint density at radius 1 is 0.714 bits per heavy atom. The van der Waals surface area contributed by atoms with Gasteiger partial charge in [0.1, 0.15) is 11.6 Å². The lowest BCUT2D eigenvalue weighted by molar-refractivity contribution is 0.0955. The second-order valence-electron chi connectivity index (χ2n) is 5.75. The van der Waals surface area contributed by atoms with Crippen molar-refractivity contribution in [1.29, 1.82) is 0 Å². The Labute approximate surface area is 160 Å². The molecule has 0 aromatic heterocycles. The molecule has 0 aliphatic carbocycles. The van der Waals surface area contributed by atoms with E-state index in [9.17, 15) is 13.6 Å². The Bertz CT molecular complexity index is 982. The zero-order chi connectivity index (χ0) is 19.8. The average Bonchev–Trinajstić information content (AvgIpc) is 2.71. The highest BCUT2D eigenvalue weighted by atomic mass is 19.1. The number of benzene rings is 3. The third-order valence-electron chi connectivity index (χ3n) is 3.67. The minimum Gasteiger partial charge on any atom is -0.279 e. The number of halogens is 2. The molecule has 0 atom stereocenters. The Balaban J connectivity index is 1.52. The van der Waals surface area contributed by atoms with Crippen molar-refractivity contribution in [3.8, 4) is 0 Å². The summed E-state index contributed by atoms with van der Waals surface area (Å²) >= 11 is 0. The van der Waals surface area contributed by atoms with Crippen molar-refractivity contribution < 1.29 is 13.6 Å². The minimum atomic E-state index is -0.375. The maximum atomic E-state index is 12.8. The van der Waals surface area contributed by atoms with Gasteiger partial charge in [-0.2, -0.15) is 10.2 Å². The maximum absolute atomic E-state index is 12.8. The van der Waals surface area contributed by atoms with Crippen molar-refractivity contribution >= 4 is 24.0 Å². The lowest BCUT2D eigenvalue weighted by Crippen LogP contribution is -2.17. The fourth-order valence-corrected chi connectivity index (χ4v) is 2.21. The van der Waals surface area contributed by atoms with E-state index in [1.165, 1.54) is 30.5 Å². The summed E-state index contributed by atoms with van der Waals surface area (Å²) in [5.74, 6) is -1.02. The van der Waals surface area contributed by atoms with Gasteiger partial charge in [0, 0.05) is 5.56 Å². The molecular weight excluding hydrogens is 362 g/mol. The van der Waals surface area contributed by atoms with Crippen LogP contribution in [-0.2, 0) is 0 Å². The monoisotopic (exact) mass is 378 g/mol. The normalized spacial score (nSPS) is 11.1. The molecule has 7 heteroatoms. The van der Waals surface area contributed by atoms with Crippen LogP contribution in [0.25, 0.3) is 0 Å². The summed E-state index contributed by atoms with van der Waals surface area (Å²) in [7, 11) is 0. The van der Waals surface area contributed by atoms with Gasteiger partial charge in [0.05, 0.1) is 18.1 Å². The zero-order valence-electron chi connectivity index (χ0n) is 14.6. The van der Waals surface area contributed by atoms with Gasteiger partial charge in [-0.15, -0.1) is 0 Å². The Kier molecular flexibility index (Phi) is 6.20. The lowest BCUT2D eigenvalue weighted by atomic mass is 10.2. The van der Waals surface area contributed by atoms with Crippen molar-refractivity contribution in [2.75, 3.05) is 5.43 Å². The number of nitrogens with one attached hydrogen (secondary N) is 2. The van der Waals surface area contributed by atoms with Gasteiger partial charge in [-0.05, 0) is 59.7 Å². The number of hydrazone groups is 2. The first-order valence-electron chi connectivity index (χ1n) is 8.34. The molecule has 0 bridgehead atoms. The third-order valence-corrected chi connectivity index (χ3v) is 3.67. The Hall–Kier alpha value is -3.87. The molecule has 2 N–H and O–H groups in total. The predicted molar refractivity (Wildman–Crippen MR) is 106 cm³/mol. The van der Waals surface area contributed by atoms with Crippen molar-refractivity contribution in [2.45, 2.75) is 0 Å². The molecule has 140 valence electrons. The fraction of sp³-hybridized carbons (Fsp3) is 0. The lowest BCUT2D eigenvalue weighted by Gasteiger charge is -2.03. The quantitative estimate of drug-likeness (QED) is 0.499. The molecule has 3 aromatic rings. The van der Waals surface area contributed by atoms with Crippen LogP contribution in [0.1, 0.15) is 21.5 Å². The molecule has 3 rings (SSSR count). The SMILES string of the molecule is O=C(NN=Cc1ccc(F)cc1)c1ccc(NN=Cc2ccc(F)cc2)cc1. The smallest absolute Gasteiger partial charge is 0.271 e. The highest BCUT2D eigenvalue weighted by Crippen LogP contribution is 2.10. The molecule has 0 saturated carbocycles. The van der Waals surface area contributed by atoms with E-state index in [0.29, 0.717) is 16.8 Å². The number of hydrogen-bond acceptors (Lipinski definition) is 4. The van der Waals surface area contributed by atoms with Crippen LogP contribution >= 0.6 is 0 Å². The first-order chi connectivity index (χ1) is 13.6. The summed E-state index contributed by atoms with van der Waals surface area (Å²) in [6.45, 7) is 0. The number of nitrogens with zero attached hydrogens (tertiary/aromatic N) is 2. The number of carbonyl (C=O) groups is 1. The number of rotatable bonds is 6. The van der Waals surface area contributed by atoms with Crippen molar-refractivity contribution in [1.82, 2.24) is 5.43 Å². The predicted octanol–water partition coefficient (Wildman–Crippen LogP) is 4.17. The van der Waals surface area contributed by atoms with Gasteiger partial charge in [-0.3, -0.25) is 10.2 Å². The molecule has 5 nitrogen and oxygen atoms in total. The van der Waals surface area contributed by atoms with Gasteiger partial charge in [0.15, 0.2) is 0 Å². The summed E-state index contributed by atoms with van der Waals surface area (Å²) in [5, 5.41) is 7.90. The summed E-state index contributed by atoms with van der Waals surface area (Å²) in [4.78, 5) is 12.1. The number of amides is 1. The molecule has 0 aliphatic rings. The number of hydrogen-bond donors (Lipinski definition) is 2. The third kappa shape index (κ3) is 5.57. The number of anilines is 1. The van der Waals surface area contributed by atoms with Crippen LogP contribution in [0.2, 0.25) is 0 Å². The van der Waals surface area contributed by atoms with E-state index >= 15 is 0 Å². The molecule has 0 aliphatic heterocycles. The molecule has 28 heavy (non-hydrogen) atoms. The van der Waals surface area contributed by atoms with Gasteiger partial charge in [-0.1, -0.05) is 24.3 Å². The molecule has 3 aromatic carbocycles. The van der Waals surface area contributed by atoms with E-state index in [-0.39, 0.29) is 17.5 Å². The standard InChI is InChI=1S/C21H16F2N4O/c22-18-7-1-15(2-8-18)13-24-26-20-11-5-17(6-12-20)21(28)27-25-14-16-3-9-19(23)10-4-16/h1-14,26H,(H,27,28). The fourth-order valence-electron chi connectivity index (χ4n) is 2.21. The van der Waals surface area contributed by atoms with Crippen LogP contribution in [0.4, 0.5) is 14.5 Å². The molecule has 0 unspecified atom stereocenters. The highest BCUT2D eigenvalue weighted by molar-refractivity contribution is 5.95. The molecule has 0 spiro atoms. The maximum Gasteiger partial charge on any atom is 0.271 e. The summed E-state index contributed by atoms with van der Waals surface area (Å²) in [6.07, 6.45) is 2.99. The van der Waals surface area contributed by atoms with Crippen molar-refractivity contribution in [3.05, 3.63) is 101 Å². The Morgan fingerprint density at radius 3 is 1.75 bits per heavy atom. The van der Waals surface area contributed by atoms with Crippen LogP contribution in [0, 0.1) is 11.6 Å². The van der Waals surface area contributed by atoms with Crippen molar-refractivity contribution in [2.24, 2.45) is 10.2 Å². The number of carbonyl (C=O) groups excluding carboxylic acids is 1. The van der Waals surface area contributed by atoms with Gasteiger partial charge < -0.3 is 0 Å². The molecule has 0 fully saturated rings. The van der Waals surface area contributed by atoms with E-state index in [2.05, 4.69) is 21.1 Å². The minimum absolute atomic E-state index is 0.305. The van der Waals surface area contributed by atoms with Gasteiger partial charge in [0.2, 0.25) is 0 Å². The highest BCUT2D eigenvalue weighted by Gasteiger charge is 2.03. The largest absolute Gasteiger partial charge is 0.279 e. The van der Waals surface area contributed by atoms with E-state index < -0.39 is 0 Å². The average molecular weight is 378 g/mol. The molecule has 0 heterocycles. The van der Waals surface area contributed by atoms with Gasteiger partial charge in [0.25, 0.3) is 5.91 Å². The zero-order valence-corrected chi connectivity index (χ0v) is 14.6. The van der Waals surface area contributed by atoms with Crippen LogP contribution in [0.3, 0.4) is 0 Å². The van der Waals surface area contributed by atoms with Gasteiger partial charge in [-0.25, -0.2) is 14.2 Å². The van der Waals surface area contributed by atoms with Crippen LogP contribution < -0.4 is 10.9 Å².